The summed E-state index contributed by atoms with van der Waals surface area (Å²) in [7, 11) is -2.91. The quantitative estimate of drug-likeness (QED) is 0.192. The number of benzene rings is 2. The molecule has 9 nitrogen and oxygen atoms in total. The fourth-order valence-corrected chi connectivity index (χ4v) is 6.33. The molecular weight excluding hydrogens is 557 g/mol. The van der Waals surface area contributed by atoms with Gasteiger partial charge in [-0.05, 0) is 69.7 Å². The third kappa shape index (κ3) is 4.91. The summed E-state index contributed by atoms with van der Waals surface area (Å²) in [6, 6.07) is 12.3. The molecule has 0 spiro atoms. The number of halogens is 1. The molecule has 1 aliphatic rings. The molecule has 0 amide bonds. The fourth-order valence-electron chi connectivity index (χ4n) is 5.87. The third-order valence-corrected chi connectivity index (χ3v) is 8.88. The van der Waals surface area contributed by atoms with Gasteiger partial charge in [-0.1, -0.05) is 19.4 Å². The maximum absolute atomic E-state index is 14.2. The number of pyridine rings is 2. The van der Waals surface area contributed by atoms with Crippen LogP contribution in [0, 0.1) is 11.3 Å². The molecule has 0 aliphatic carbocycles. The molecule has 3 aromatic heterocycles. The van der Waals surface area contributed by atoms with E-state index >= 15 is 0 Å². The van der Waals surface area contributed by atoms with Gasteiger partial charge in [0.15, 0.2) is 5.43 Å². The second-order valence-corrected chi connectivity index (χ2v) is 12.2. The van der Waals surface area contributed by atoms with E-state index in [9.17, 15) is 22.4 Å². The first-order chi connectivity index (χ1) is 20.2. The Balaban J connectivity index is 1.70. The number of nitrogens with zero attached hydrogens (tertiary/aromatic N) is 4. The Hall–Kier alpha value is -4.27. The van der Waals surface area contributed by atoms with Crippen molar-refractivity contribution >= 4 is 43.1 Å². The lowest BCUT2D eigenvalue weighted by atomic mass is 9.99. The van der Waals surface area contributed by atoms with E-state index in [2.05, 4.69) is 32.6 Å². The van der Waals surface area contributed by atoms with Crippen molar-refractivity contribution in [1.82, 2.24) is 19.4 Å². The molecule has 0 unspecified atom stereocenters. The van der Waals surface area contributed by atoms with Crippen molar-refractivity contribution in [2.24, 2.45) is 0 Å². The zero-order valence-electron chi connectivity index (χ0n) is 23.4. The predicted molar refractivity (Wildman–Crippen MR) is 160 cm³/mol. The summed E-state index contributed by atoms with van der Waals surface area (Å²) >= 11 is 0. The van der Waals surface area contributed by atoms with E-state index in [4.69, 9.17) is 4.74 Å². The van der Waals surface area contributed by atoms with Crippen molar-refractivity contribution in [3.05, 3.63) is 64.6 Å². The number of H-pyrrole nitrogens is 1. The van der Waals surface area contributed by atoms with Gasteiger partial charge in [-0.25, -0.2) is 0 Å². The van der Waals surface area contributed by atoms with Crippen LogP contribution in [0.2, 0.25) is 0 Å². The molecule has 0 radical (unpaired) electrons. The number of piperidine rings is 1. The molecule has 0 atom stereocenters. The molecule has 1 N–H and O–H groups in total. The highest BCUT2D eigenvalue weighted by Gasteiger charge is 2.26. The number of aromatic nitrogens is 3. The third-order valence-electron chi connectivity index (χ3n) is 8.09. The fraction of sp³-hybridized carbons (Fsp3) is 0.323. The lowest BCUT2D eigenvalue weighted by molar-refractivity contribution is 0.226. The van der Waals surface area contributed by atoms with E-state index in [0.29, 0.717) is 56.5 Å². The first kappa shape index (κ1) is 27.9. The van der Waals surface area contributed by atoms with Gasteiger partial charge in [-0.3, -0.25) is 9.78 Å². The summed E-state index contributed by atoms with van der Waals surface area (Å²) in [4.78, 5) is 23.4. The summed E-state index contributed by atoms with van der Waals surface area (Å²) in [5.74, 6) is 0.393. The van der Waals surface area contributed by atoms with Gasteiger partial charge in [0, 0.05) is 40.5 Å². The normalized spacial score (nSPS) is 15.0. The van der Waals surface area contributed by atoms with Crippen LogP contribution in [0.15, 0.2) is 58.5 Å². The summed E-state index contributed by atoms with van der Waals surface area (Å²) in [5.41, 5.74) is 3.20. The van der Waals surface area contributed by atoms with Gasteiger partial charge in [-0.15, -0.1) is 3.89 Å². The van der Waals surface area contributed by atoms with Gasteiger partial charge < -0.3 is 19.2 Å². The largest absolute Gasteiger partial charge is 0.493 e. The Morgan fingerprint density at radius 2 is 1.93 bits per heavy atom. The van der Waals surface area contributed by atoms with Crippen molar-refractivity contribution in [2.45, 2.75) is 43.5 Å². The van der Waals surface area contributed by atoms with Gasteiger partial charge in [-0.2, -0.15) is 13.7 Å². The molecule has 0 saturated carbocycles. The Morgan fingerprint density at radius 1 is 1.14 bits per heavy atom. The number of rotatable bonds is 7. The molecule has 5 aromatic rings. The van der Waals surface area contributed by atoms with Crippen LogP contribution in [0.1, 0.15) is 44.2 Å². The molecule has 4 heterocycles. The van der Waals surface area contributed by atoms with Gasteiger partial charge >= 0.3 is 10.2 Å². The van der Waals surface area contributed by atoms with Crippen LogP contribution in [0.25, 0.3) is 44.0 Å². The molecule has 1 fully saturated rings. The van der Waals surface area contributed by atoms with Crippen molar-refractivity contribution in [2.75, 3.05) is 26.7 Å². The van der Waals surface area contributed by atoms with Crippen molar-refractivity contribution < 1.29 is 17.0 Å². The van der Waals surface area contributed by atoms with E-state index < -0.39 is 15.1 Å². The summed E-state index contributed by atoms with van der Waals surface area (Å²) in [6.45, 7) is 4.18. The number of hydrogen-bond acceptors (Lipinski definition) is 7. The number of fused-ring (bicyclic) bond motifs is 4. The number of unbranched alkanes of at least 4 members (excludes halogenated alkanes) is 1. The maximum atomic E-state index is 14.2. The van der Waals surface area contributed by atoms with Gasteiger partial charge in [0.1, 0.15) is 16.3 Å². The standard InChI is InChI=1S/C31H30FN5O4S/c1-3-4-11-41-28-15-25-27(14-24(28)20-13-22(18-34-17-20)42(32,39)40)37(21-7-9-36(2)10-8-21)31-29(30(25)38)23-6-5-19(16-33)12-26(23)35-31/h5-6,12-15,17-18,21,35H,3-4,7-11H2,1-2H3. The molecule has 11 heteroatoms. The average molecular weight is 588 g/mol. The highest BCUT2D eigenvalue weighted by molar-refractivity contribution is 7.86. The van der Waals surface area contributed by atoms with E-state index in [-0.39, 0.29) is 11.5 Å². The second kappa shape index (κ2) is 10.9. The summed E-state index contributed by atoms with van der Waals surface area (Å²) < 4.78 is 45.7. The second-order valence-electron chi connectivity index (χ2n) is 10.9. The zero-order chi connectivity index (χ0) is 29.6. The molecule has 216 valence electrons. The van der Waals surface area contributed by atoms with Gasteiger partial charge in [0.25, 0.3) is 0 Å². The van der Waals surface area contributed by atoms with E-state index in [0.717, 1.165) is 50.4 Å². The van der Waals surface area contributed by atoms with Crippen molar-refractivity contribution in [3.63, 3.8) is 0 Å². The number of nitriles is 1. The number of hydrogen-bond donors (Lipinski definition) is 1. The zero-order valence-corrected chi connectivity index (χ0v) is 24.2. The van der Waals surface area contributed by atoms with Crippen LogP contribution in [-0.2, 0) is 10.2 Å². The van der Waals surface area contributed by atoms with E-state index in [1.807, 2.05) is 13.0 Å². The highest BCUT2D eigenvalue weighted by atomic mass is 32.3. The number of nitrogens with one attached hydrogen (secondary N) is 1. The van der Waals surface area contributed by atoms with Crippen LogP contribution in [0.5, 0.6) is 5.75 Å². The predicted octanol–water partition coefficient (Wildman–Crippen LogP) is 5.67. The molecular formula is C31H30FN5O4S. The number of ether oxygens (including phenoxy) is 1. The van der Waals surface area contributed by atoms with Gasteiger partial charge in [0.2, 0.25) is 0 Å². The topological polar surface area (TPSA) is 121 Å². The van der Waals surface area contributed by atoms with Crippen molar-refractivity contribution in [3.8, 4) is 22.9 Å². The maximum Gasteiger partial charge on any atom is 0.333 e. The minimum Gasteiger partial charge on any atom is -0.493 e. The molecule has 42 heavy (non-hydrogen) atoms. The molecule has 2 aromatic carbocycles. The molecule has 1 saturated heterocycles. The first-order valence-electron chi connectivity index (χ1n) is 14.0. The monoisotopic (exact) mass is 587 g/mol. The molecule has 1 aliphatic heterocycles. The molecule has 6 rings (SSSR count). The van der Waals surface area contributed by atoms with Crippen LogP contribution in [-0.4, -0.2) is 54.6 Å². The Bertz CT molecular complexity index is 2050. The summed E-state index contributed by atoms with van der Waals surface area (Å²) in [6.07, 6.45) is 5.80. The van der Waals surface area contributed by atoms with Crippen LogP contribution in [0.3, 0.4) is 0 Å². The van der Waals surface area contributed by atoms with Crippen LogP contribution < -0.4 is 10.2 Å². The minimum absolute atomic E-state index is 0.0608. The van der Waals surface area contributed by atoms with E-state index in [1.165, 1.54) is 12.3 Å². The summed E-state index contributed by atoms with van der Waals surface area (Å²) in [5, 5.41) is 11.2. The molecule has 0 bridgehead atoms. The van der Waals surface area contributed by atoms with Crippen LogP contribution in [0.4, 0.5) is 3.89 Å². The van der Waals surface area contributed by atoms with Crippen LogP contribution >= 0.6 is 0 Å². The average Bonchev–Trinajstić information content (AvgIpc) is 3.36. The minimum atomic E-state index is -4.99. The Morgan fingerprint density at radius 3 is 2.64 bits per heavy atom. The smallest absolute Gasteiger partial charge is 0.333 e. The Labute approximate surface area is 242 Å². The van der Waals surface area contributed by atoms with E-state index in [1.54, 1.807) is 24.3 Å². The highest BCUT2D eigenvalue weighted by Crippen LogP contribution is 2.39. The first-order valence-corrected chi connectivity index (χ1v) is 15.4. The number of aromatic amines is 1. The Kier molecular flexibility index (Phi) is 7.20. The number of likely N-dealkylation sites (tertiary alicyclic amines) is 1. The lowest BCUT2D eigenvalue weighted by Gasteiger charge is -2.32. The van der Waals surface area contributed by atoms with Gasteiger partial charge in [0.05, 0.1) is 34.5 Å². The SMILES string of the molecule is CCCCOc1cc2c(=O)c3c4ccc(C#N)cc4[nH]c3n(C3CCN(C)CC3)c2cc1-c1cncc(S(=O)(=O)F)c1. The lowest BCUT2D eigenvalue weighted by Crippen LogP contribution is -2.32. The van der Waals surface area contributed by atoms with Crippen molar-refractivity contribution in [1.29, 1.82) is 5.26 Å².